The third kappa shape index (κ3) is 3.17. The fourth-order valence-corrected chi connectivity index (χ4v) is 3.88. The van der Waals surface area contributed by atoms with Gasteiger partial charge < -0.3 is 14.6 Å². The zero-order chi connectivity index (χ0) is 18.1. The molecule has 4 heteroatoms. The van der Waals surface area contributed by atoms with Gasteiger partial charge in [0.1, 0.15) is 17.2 Å². The van der Waals surface area contributed by atoms with Gasteiger partial charge in [-0.3, -0.25) is 0 Å². The summed E-state index contributed by atoms with van der Waals surface area (Å²) < 4.78 is 12.4. The summed E-state index contributed by atoms with van der Waals surface area (Å²) in [6, 6.07) is 22.0. The lowest BCUT2D eigenvalue weighted by molar-refractivity contribution is 0.247. The first kappa shape index (κ1) is 17.0. The second-order valence-electron chi connectivity index (χ2n) is 6.44. The number of hydrogen-bond donors (Lipinski definition) is 1. The highest BCUT2D eigenvalue weighted by atomic mass is 79.9. The summed E-state index contributed by atoms with van der Waals surface area (Å²) in [5.41, 5.74) is 3.52. The predicted octanol–water partition coefficient (Wildman–Crippen LogP) is 5.47. The van der Waals surface area contributed by atoms with E-state index >= 15 is 0 Å². The van der Waals surface area contributed by atoms with Crippen LogP contribution in [0.1, 0.15) is 28.5 Å². The van der Waals surface area contributed by atoms with E-state index in [0.717, 1.165) is 21.5 Å². The highest BCUT2D eigenvalue weighted by Crippen LogP contribution is 2.47. The molecule has 0 spiro atoms. The third-order valence-electron chi connectivity index (χ3n) is 4.93. The van der Waals surface area contributed by atoms with Gasteiger partial charge in [0.15, 0.2) is 0 Å². The summed E-state index contributed by atoms with van der Waals surface area (Å²) in [4.78, 5) is 0. The van der Waals surface area contributed by atoms with Crippen LogP contribution in [-0.2, 0) is 0 Å². The van der Waals surface area contributed by atoms with E-state index in [9.17, 15) is 5.11 Å². The number of aromatic hydroxyl groups is 1. The minimum Gasteiger partial charge on any atom is -0.508 e. The fourth-order valence-electron chi connectivity index (χ4n) is 3.62. The van der Waals surface area contributed by atoms with E-state index in [0.29, 0.717) is 6.61 Å². The van der Waals surface area contributed by atoms with Crippen LogP contribution < -0.4 is 9.47 Å². The summed E-state index contributed by atoms with van der Waals surface area (Å²) in [5, 5.41) is 9.83. The Balaban J connectivity index is 1.82. The molecule has 0 aliphatic carbocycles. The molecule has 1 N–H and O–H groups in total. The van der Waals surface area contributed by atoms with Crippen LogP contribution in [0.3, 0.4) is 0 Å². The molecule has 1 heterocycles. The van der Waals surface area contributed by atoms with Gasteiger partial charge in [-0.15, -0.1) is 0 Å². The van der Waals surface area contributed by atoms with Crippen LogP contribution in [0, 0.1) is 0 Å². The highest BCUT2D eigenvalue weighted by Gasteiger charge is 2.33. The maximum Gasteiger partial charge on any atom is 0.126 e. The molecule has 4 rings (SSSR count). The Morgan fingerprint density at radius 3 is 2.35 bits per heavy atom. The van der Waals surface area contributed by atoms with E-state index < -0.39 is 0 Å². The quantitative estimate of drug-likeness (QED) is 0.621. The number of rotatable bonds is 3. The van der Waals surface area contributed by atoms with E-state index in [1.165, 1.54) is 11.1 Å². The lowest BCUT2D eigenvalue weighted by atomic mass is 9.76. The number of ether oxygens (including phenoxy) is 2. The maximum absolute atomic E-state index is 9.83. The predicted molar refractivity (Wildman–Crippen MR) is 105 cm³/mol. The van der Waals surface area contributed by atoms with Crippen molar-refractivity contribution in [2.45, 2.75) is 11.8 Å². The molecule has 0 aromatic heterocycles. The molecule has 0 unspecified atom stereocenters. The van der Waals surface area contributed by atoms with Gasteiger partial charge in [-0.2, -0.15) is 0 Å². The number of phenols is 1. The first-order valence-electron chi connectivity index (χ1n) is 8.51. The van der Waals surface area contributed by atoms with Crippen LogP contribution in [0.4, 0.5) is 0 Å². The van der Waals surface area contributed by atoms with Crippen LogP contribution in [0.15, 0.2) is 71.2 Å². The minimum atomic E-state index is 0.145. The zero-order valence-corrected chi connectivity index (χ0v) is 15.9. The molecule has 26 heavy (non-hydrogen) atoms. The van der Waals surface area contributed by atoms with Crippen LogP contribution in [0.5, 0.6) is 17.2 Å². The van der Waals surface area contributed by atoms with Crippen LogP contribution >= 0.6 is 15.9 Å². The van der Waals surface area contributed by atoms with Crippen molar-refractivity contribution in [2.24, 2.45) is 0 Å². The summed E-state index contributed by atoms with van der Waals surface area (Å²) >= 11 is 3.51. The zero-order valence-electron chi connectivity index (χ0n) is 14.4. The van der Waals surface area contributed by atoms with E-state index in [-0.39, 0.29) is 17.6 Å². The van der Waals surface area contributed by atoms with Gasteiger partial charge in [0, 0.05) is 27.9 Å². The second kappa shape index (κ2) is 7.04. The number of benzene rings is 3. The monoisotopic (exact) mass is 410 g/mol. The summed E-state index contributed by atoms with van der Waals surface area (Å²) in [6.45, 7) is 0.564. The molecule has 3 aromatic carbocycles. The summed E-state index contributed by atoms with van der Waals surface area (Å²) in [5.74, 6) is 2.14. The molecule has 1 aliphatic heterocycles. The Hall–Kier alpha value is -2.46. The van der Waals surface area contributed by atoms with Crippen LogP contribution in [0.2, 0.25) is 0 Å². The van der Waals surface area contributed by atoms with Crippen molar-refractivity contribution in [3.63, 3.8) is 0 Å². The largest absolute Gasteiger partial charge is 0.508 e. The lowest BCUT2D eigenvalue weighted by Gasteiger charge is -2.34. The molecule has 0 amide bonds. The lowest BCUT2D eigenvalue weighted by Crippen LogP contribution is -2.25. The van der Waals surface area contributed by atoms with Gasteiger partial charge in [-0.05, 0) is 41.5 Å². The third-order valence-corrected chi connectivity index (χ3v) is 5.45. The van der Waals surface area contributed by atoms with E-state index in [2.05, 4.69) is 52.3 Å². The molecule has 3 nitrogen and oxygen atoms in total. The van der Waals surface area contributed by atoms with Crippen LogP contribution in [-0.4, -0.2) is 18.8 Å². The Bertz CT molecular complexity index is 904. The highest BCUT2D eigenvalue weighted by molar-refractivity contribution is 9.10. The van der Waals surface area contributed by atoms with Crippen molar-refractivity contribution in [1.82, 2.24) is 0 Å². The number of hydrogen-bond acceptors (Lipinski definition) is 3. The molecule has 2 atom stereocenters. The first-order chi connectivity index (χ1) is 12.7. The Morgan fingerprint density at radius 2 is 1.65 bits per heavy atom. The van der Waals surface area contributed by atoms with Gasteiger partial charge in [-0.25, -0.2) is 0 Å². The Kier molecular flexibility index (Phi) is 4.60. The molecule has 0 saturated heterocycles. The van der Waals surface area contributed by atoms with Crippen LogP contribution in [0.25, 0.3) is 0 Å². The van der Waals surface area contributed by atoms with Crippen molar-refractivity contribution >= 4 is 15.9 Å². The molecule has 3 aromatic rings. The molecular formula is C22H19BrO3. The molecule has 0 fully saturated rings. The standard InChI is InChI=1S/C22H19BrO3/c1-25-18-9-4-15(5-10-18)22-19-11-8-17(24)12-21(19)26-13-20(22)14-2-6-16(23)7-3-14/h2-12,20,22,24H,13H2,1H3/t20-,22-/m1/s1. The van der Waals surface area contributed by atoms with E-state index in [1.54, 1.807) is 19.2 Å². The number of phenolic OH excluding ortho intramolecular Hbond substituents is 1. The van der Waals surface area contributed by atoms with Crippen molar-refractivity contribution in [2.75, 3.05) is 13.7 Å². The van der Waals surface area contributed by atoms with Crippen molar-refractivity contribution in [3.05, 3.63) is 87.9 Å². The normalized spacial score (nSPS) is 18.7. The summed E-state index contributed by atoms with van der Waals surface area (Å²) in [6.07, 6.45) is 0. The minimum absolute atomic E-state index is 0.145. The van der Waals surface area contributed by atoms with E-state index in [1.807, 2.05) is 18.2 Å². The SMILES string of the molecule is COc1ccc([C@@H]2c3ccc(O)cc3OC[C@@H]2c2ccc(Br)cc2)cc1. The Labute approximate surface area is 161 Å². The molecule has 0 saturated carbocycles. The van der Waals surface area contributed by atoms with Crippen molar-refractivity contribution < 1.29 is 14.6 Å². The fraction of sp³-hybridized carbons (Fsp3) is 0.182. The van der Waals surface area contributed by atoms with Gasteiger partial charge in [0.25, 0.3) is 0 Å². The number of fused-ring (bicyclic) bond motifs is 1. The van der Waals surface area contributed by atoms with Gasteiger partial charge in [-0.1, -0.05) is 46.3 Å². The Morgan fingerprint density at radius 1 is 0.962 bits per heavy atom. The smallest absolute Gasteiger partial charge is 0.126 e. The number of halogens is 1. The maximum atomic E-state index is 9.83. The first-order valence-corrected chi connectivity index (χ1v) is 9.30. The summed E-state index contributed by atoms with van der Waals surface area (Å²) in [7, 11) is 1.67. The van der Waals surface area contributed by atoms with Gasteiger partial charge >= 0.3 is 0 Å². The van der Waals surface area contributed by atoms with Gasteiger partial charge in [0.05, 0.1) is 13.7 Å². The number of methoxy groups -OCH3 is 1. The molecular weight excluding hydrogens is 392 g/mol. The molecule has 132 valence electrons. The average molecular weight is 411 g/mol. The molecule has 0 radical (unpaired) electrons. The second-order valence-corrected chi connectivity index (χ2v) is 7.36. The molecule has 1 aliphatic rings. The van der Waals surface area contributed by atoms with Crippen molar-refractivity contribution in [3.8, 4) is 17.2 Å². The van der Waals surface area contributed by atoms with E-state index in [4.69, 9.17) is 9.47 Å². The van der Waals surface area contributed by atoms with Gasteiger partial charge in [0.2, 0.25) is 0 Å². The van der Waals surface area contributed by atoms with Crippen molar-refractivity contribution in [1.29, 1.82) is 0 Å². The average Bonchev–Trinajstić information content (AvgIpc) is 2.68. The topological polar surface area (TPSA) is 38.7 Å². The molecule has 0 bridgehead atoms.